The first kappa shape index (κ1) is 21.4. The average molecular weight is 366 g/mol. The molecule has 8 nitrogen and oxygen atoms in total. The number of nitrogens with one attached hydrogen (secondary N) is 2. The minimum Gasteiger partial charge on any atom is -0.480 e. The summed E-state index contributed by atoms with van der Waals surface area (Å²) >= 11 is 0. The second-order valence-electron chi connectivity index (χ2n) is 6.64. The van der Waals surface area contributed by atoms with E-state index >= 15 is 0 Å². The molecule has 0 saturated carbocycles. The predicted octanol–water partition coefficient (Wildman–Crippen LogP) is 1.69. The number of benzene rings is 1. The van der Waals surface area contributed by atoms with Crippen molar-refractivity contribution in [1.29, 1.82) is 0 Å². The highest BCUT2D eigenvalue weighted by Gasteiger charge is 2.21. The molecular weight excluding hydrogens is 340 g/mol. The number of esters is 1. The minimum absolute atomic E-state index is 0.0431. The third kappa shape index (κ3) is 9.63. The average Bonchev–Trinajstić information content (AvgIpc) is 2.55. The molecular formula is C18H26N2O6. The normalized spacial score (nSPS) is 12.1. The molecule has 144 valence electrons. The zero-order chi connectivity index (χ0) is 19.6. The number of rotatable bonds is 9. The number of carbonyl (C=O) groups is 3. The van der Waals surface area contributed by atoms with E-state index in [4.69, 9.17) is 14.6 Å². The molecule has 0 heterocycles. The molecule has 1 unspecified atom stereocenters. The van der Waals surface area contributed by atoms with Gasteiger partial charge in [0.15, 0.2) is 0 Å². The van der Waals surface area contributed by atoms with E-state index in [1.54, 1.807) is 32.9 Å². The summed E-state index contributed by atoms with van der Waals surface area (Å²) in [5.74, 6) is -1.58. The summed E-state index contributed by atoms with van der Waals surface area (Å²) in [6.07, 6.45) is -0.725. The largest absolute Gasteiger partial charge is 0.480 e. The maximum Gasteiger partial charge on any atom is 0.408 e. The van der Waals surface area contributed by atoms with Crippen LogP contribution in [0.4, 0.5) is 4.79 Å². The maximum absolute atomic E-state index is 11.7. The molecule has 0 aliphatic carbocycles. The molecule has 1 rings (SSSR count). The van der Waals surface area contributed by atoms with Crippen molar-refractivity contribution in [3.63, 3.8) is 0 Å². The number of hydrogen-bond donors (Lipinski definition) is 3. The maximum atomic E-state index is 11.7. The number of aliphatic carboxylic acids is 1. The lowest BCUT2D eigenvalue weighted by Crippen LogP contribution is -2.47. The van der Waals surface area contributed by atoms with Gasteiger partial charge in [-0.05, 0) is 26.3 Å². The van der Waals surface area contributed by atoms with E-state index < -0.39 is 23.7 Å². The molecule has 0 aliphatic rings. The van der Waals surface area contributed by atoms with Crippen molar-refractivity contribution >= 4 is 18.0 Å². The van der Waals surface area contributed by atoms with Gasteiger partial charge in [-0.3, -0.25) is 4.79 Å². The summed E-state index contributed by atoms with van der Waals surface area (Å²) in [5.41, 5.74) is 0.232. The van der Waals surface area contributed by atoms with Crippen molar-refractivity contribution in [2.24, 2.45) is 0 Å². The Kier molecular flexibility index (Phi) is 8.57. The third-order valence-corrected chi connectivity index (χ3v) is 3.08. The first-order chi connectivity index (χ1) is 12.2. The van der Waals surface area contributed by atoms with E-state index in [9.17, 15) is 14.4 Å². The number of hydrogen-bond acceptors (Lipinski definition) is 6. The molecule has 1 aromatic carbocycles. The fourth-order valence-corrected chi connectivity index (χ4v) is 1.94. The van der Waals surface area contributed by atoms with Gasteiger partial charge in [-0.1, -0.05) is 30.3 Å². The topological polar surface area (TPSA) is 114 Å². The standard InChI is InChI=1S/C18H26N2O6/c1-18(2,3)26-15(21)9-10-19-11-14(16(22)23)20-17(24)25-12-13-7-5-4-6-8-13/h4-8,14,19H,9-12H2,1-3H3,(H,20,24)(H,22,23). The number of carbonyl (C=O) groups excluding carboxylic acids is 2. The fourth-order valence-electron chi connectivity index (χ4n) is 1.94. The van der Waals surface area contributed by atoms with Gasteiger partial charge in [-0.2, -0.15) is 0 Å². The van der Waals surface area contributed by atoms with E-state index in [2.05, 4.69) is 10.6 Å². The van der Waals surface area contributed by atoms with E-state index in [-0.39, 0.29) is 32.1 Å². The fraction of sp³-hybridized carbons (Fsp3) is 0.500. The Balaban J connectivity index is 2.31. The summed E-state index contributed by atoms with van der Waals surface area (Å²) in [5, 5.41) is 14.3. The highest BCUT2D eigenvalue weighted by molar-refractivity contribution is 5.80. The van der Waals surface area contributed by atoms with E-state index in [1.807, 2.05) is 18.2 Å². The first-order valence-electron chi connectivity index (χ1n) is 8.30. The number of ether oxygens (including phenoxy) is 2. The number of carboxylic acids is 1. The Morgan fingerprint density at radius 2 is 1.81 bits per heavy atom. The molecule has 1 atom stereocenters. The van der Waals surface area contributed by atoms with Gasteiger partial charge in [-0.15, -0.1) is 0 Å². The van der Waals surface area contributed by atoms with Crippen molar-refractivity contribution in [2.75, 3.05) is 13.1 Å². The van der Waals surface area contributed by atoms with Gasteiger partial charge in [0, 0.05) is 13.1 Å². The quantitative estimate of drug-likeness (QED) is 0.450. The summed E-state index contributed by atoms with van der Waals surface area (Å²) in [4.78, 5) is 34.5. The molecule has 0 fully saturated rings. The predicted molar refractivity (Wildman–Crippen MR) is 94.5 cm³/mol. The van der Waals surface area contributed by atoms with Crippen LogP contribution < -0.4 is 10.6 Å². The molecule has 0 saturated heterocycles. The zero-order valence-electron chi connectivity index (χ0n) is 15.3. The van der Waals surface area contributed by atoms with Crippen LogP contribution >= 0.6 is 0 Å². The Morgan fingerprint density at radius 3 is 2.38 bits per heavy atom. The Labute approximate surface area is 152 Å². The first-order valence-corrected chi connectivity index (χ1v) is 8.30. The molecule has 26 heavy (non-hydrogen) atoms. The summed E-state index contributed by atoms with van der Waals surface area (Å²) in [6, 6.07) is 7.88. The van der Waals surface area contributed by atoms with Crippen molar-refractivity contribution in [3.8, 4) is 0 Å². The molecule has 0 spiro atoms. The Bertz CT molecular complexity index is 597. The lowest BCUT2D eigenvalue weighted by atomic mass is 10.2. The van der Waals surface area contributed by atoms with Gasteiger partial charge in [0.1, 0.15) is 18.2 Å². The summed E-state index contributed by atoms with van der Waals surface area (Å²) < 4.78 is 10.1. The molecule has 0 aliphatic heterocycles. The van der Waals surface area contributed by atoms with Crippen LogP contribution in [-0.2, 0) is 25.7 Å². The van der Waals surface area contributed by atoms with Gasteiger partial charge >= 0.3 is 18.0 Å². The number of carboxylic acid groups (broad SMARTS) is 1. The van der Waals surface area contributed by atoms with E-state index in [1.165, 1.54) is 0 Å². The Hall–Kier alpha value is -2.61. The SMILES string of the molecule is CC(C)(C)OC(=O)CCNCC(NC(=O)OCc1ccccc1)C(=O)O. The summed E-state index contributed by atoms with van der Waals surface area (Å²) in [6.45, 7) is 5.54. The van der Waals surface area contributed by atoms with Crippen molar-refractivity contribution in [1.82, 2.24) is 10.6 Å². The molecule has 0 aromatic heterocycles. The van der Waals surface area contributed by atoms with Crippen LogP contribution in [0.3, 0.4) is 0 Å². The second kappa shape index (κ2) is 10.4. The molecule has 3 N–H and O–H groups in total. The van der Waals surface area contributed by atoms with Gasteiger partial charge in [0.05, 0.1) is 6.42 Å². The molecule has 0 radical (unpaired) electrons. The monoisotopic (exact) mass is 366 g/mol. The number of alkyl carbamates (subject to hydrolysis) is 1. The highest BCUT2D eigenvalue weighted by atomic mass is 16.6. The Morgan fingerprint density at radius 1 is 1.15 bits per heavy atom. The van der Waals surface area contributed by atoms with Crippen LogP contribution in [0.15, 0.2) is 30.3 Å². The van der Waals surface area contributed by atoms with Gasteiger partial charge in [0.2, 0.25) is 0 Å². The molecule has 1 amide bonds. The van der Waals surface area contributed by atoms with Crippen LogP contribution in [0, 0.1) is 0 Å². The van der Waals surface area contributed by atoms with Gasteiger partial charge < -0.3 is 25.2 Å². The number of amides is 1. The van der Waals surface area contributed by atoms with E-state index in [0.717, 1.165) is 5.56 Å². The van der Waals surface area contributed by atoms with Crippen LogP contribution in [0.5, 0.6) is 0 Å². The van der Waals surface area contributed by atoms with Crippen LogP contribution in [0.2, 0.25) is 0 Å². The molecule has 8 heteroatoms. The second-order valence-corrected chi connectivity index (χ2v) is 6.64. The summed E-state index contributed by atoms with van der Waals surface area (Å²) in [7, 11) is 0. The molecule has 1 aromatic rings. The van der Waals surface area contributed by atoms with Gasteiger partial charge in [-0.25, -0.2) is 9.59 Å². The van der Waals surface area contributed by atoms with Crippen LogP contribution in [0.25, 0.3) is 0 Å². The zero-order valence-corrected chi connectivity index (χ0v) is 15.3. The minimum atomic E-state index is -1.20. The van der Waals surface area contributed by atoms with Crippen LogP contribution in [-0.4, -0.2) is 47.9 Å². The van der Waals surface area contributed by atoms with Crippen molar-refractivity contribution in [3.05, 3.63) is 35.9 Å². The molecule has 0 bridgehead atoms. The van der Waals surface area contributed by atoms with Crippen molar-refractivity contribution < 1.29 is 29.0 Å². The van der Waals surface area contributed by atoms with Crippen molar-refractivity contribution in [2.45, 2.75) is 45.4 Å². The lowest BCUT2D eigenvalue weighted by molar-refractivity contribution is -0.154. The lowest BCUT2D eigenvalue weighted by Gasteiger charge is -2.20. The van der Waals surface area contributed by atoms with Crippen LogP contribution in [0.1, 0.15) is 32.8 Å². The third-order valence-electron chi connectivity index (χ3n) is 3.08. The van der Waals surface area contributed by atoms with Gasteiger partial charge in [0.25, 0.3) is 0 Å². The van der Waals surface area contributed by atoms with E-state index in [0.29, 0.717) is 0 Å². The highest BCUT2D eigenvalue weighted by Crippen LogP contribution is 2.07. The smallest absolute Gasteiger partial charge is 0.408 e.